The van der Waals surface area contributed by atoms with Crippen molar-refractivity contribution >= 4 is 27.4 Å². The Bertz CT molecular complexity index is 849. The molecule has 124 valence electrons. The molecule has 5 rings (SSSR count). The predicted octanol–water partition coefficient (Wildman–Crippen LogP) is 1.73. The molecule has 0 radical (unpaired) electrons. The van der Waals surface area contributed by atoms with Crippen LogP contribution in [0.2, 0.25) is 0 Å². The fraction of sp³-hybridized carbons (Fsp3) is 0.500. The molecule has 0 amide bonds. The van der Waals surface area contributed by atoms with Gasteiger partial charge in [0.1, 0.15) is 24.8 Å². The van der Waals surface area contributed by atoms with Crippen LogP contribution in [0.1, 0.15) is 18.9 Å². The van der Waals surface area contributed by atoms with Crippen molar-refractivity contribution in [1.82, 2.24) is 24.7 Å². The Morgan fingerprint density at radius 1 is 1.12 bits per heavy atom. The second kappa shape index (κ2) is 5.49. The van der Waals surface area contributed by atoms with Gasteiger partial charge in [0.2, 0.25) is 0 Å². The number of thiophene rings is 1. The molecule has 8 heteroatoms. The highest BCUT2D eigenvalue weighted by atomic mass is 32.1. The number of hydrogen-bond acceptors (Lipinski definition) is 7. The average Bonchev–Trinajstić information content (AvgIpc) is 3.32. The number of aliphatic hydroxyl groups excluding tert-OH is 1. The number of hydrogen-bond donors (Lipinski definition) is 1. The normalized spacial score (nSPS) is 30.0. The fourth-order valence-corrected chi connectivity index (χ4v) is 5.12. The molecule has 24 heavy (non-hydrogen) atoms. The molecule has 3 aromatic rings. The third-order valence-corrected chi connectivity index (χ3v) is 6.31. The number of fused-ring (bicyclic) bond motifs is 2. The van der Waals surface area contributed by atoms with E-state index >= 15 is 0 Å². The van der Waals surface area contributed by atoms with Gasteiger partial charge in [-0.3, -0.25) is 0 Å². The predicted molar refractivity (Wildman–Crippen MR) is 90.9 cm³/mol. The summed E-state index contributed by atoms with van der Waals surface area (Å²) < 4.78 is 2.97. The van der Waals surface area contributed by atoms with E-state index in [9.17, 15) is 5.11 Å². The lowest BCUT2D eigenvalue weighted by molar-refractivity contribution is 0.0305. The highest BCUT2D eigenvalue weighted by Crippen LogP contribution is 2.43. The Balaban J connectivity index is 1.41. The second-order valence-electron chi connectivity index (χ2n) is 6.74. The van der Waals surface area contributed by atoms with Gasteiger partial charge < -0.3 is 10.0 Å². The number of aromatic nitrogens is 5. The first kappa shape index (κ1) is 14.3. The quantitative estimate of drug-likeness (QED) is 0.764. The Hall–Kier alpha value is -2.06. The smallest absolute Gasteiger partial charge is 0.150 e. The monoisotopic (exact) mass is 342 g/mol. The third kappa shape index (κ3) is 2.21. The number of anilines is 1. The van der Waals surface area contributed by atoms with Gasteiger partial charge in [0.15, 0.2) is 0 Å². The van der Waals surface area contributed by atoms with Gasteiger partial charge in [-0.05, 0) is 36.1 Å². The van der Waals surface area contributed by atoms with E-state index in [0.29, 0.717) is 11.8 Å². The van der Waals surface area contributed by atoms with Gasteiger partial charge in [-0.2, -0.15) is 5.10 Å². The van der Waals surface area contributed by atoms with E-state index in [2.05, 4.69) is 30.3 Å². The van der Waals surface area contributed by atoms with Gasteiger partial charge in [0.05, 0.1) is 22.4 Å². The molecular weight excluding hydrogens is 324 g/mol. The van der Waals surface area contributed by atoms with Crippen molar-refractivity contribution < 1.29 is 5.11 Å². The van der Waals surface area contributed by atoms with Crippen LogP contribution in [0, 0.1) is 11.8 Å². The summed E-state index contributed by atoms with van der Waals surface area (Å²) in [7, 11) is 0. The van der Waals surface area contributed by atoms with Crippen molar-refractivity contribution in [3.8, 4) is 0 Å². The molecule has 2 fully saturated rings. The maximum atomic E-state index is 10.6. The summed E-state index contributed by atoms with van der Waals surface area (Å²) in [5.74, 6) is 2.09. The topological polar surface area (TPSA) is 80.0 Å². The minimum atomic E-state index is -0.361. The summed E-state index contributed by atoms with van der Waals surface area (Å²) in [5, 5.41) is 16.8. The molecule has 1 N–H and O–H groups in total. The molecule has 0 spiro atoms. The van der Waals surface area contributed by atoms with Crippen LogP contribution in [0.3, 0.4) is 0 Å². The number of aliphatic hydroxyl groups is 1. The van der Waals surface area contributed by atoms with Crippen LogP contribution in [0.4, 0.5) is 5.82 Å². The first-order chi connectivity index (χ1) is 11.8. The highest BCUT2D eigenvalue weighted by molar-refractivity contribution is 7.17. The summed E-state index contributed by atoms with van der Waals surface area (Å²) >= 11 is 1.69. The third-order valence-electron chi connectivity index (χ3n) is 5.41. The van der Waals surface area contributed by atoms with Crippen LogP contribution in [-0.2, 0) is 0 Å². The largest absolute Gasteiger partial charge is 0.391 e. The van der Waals surface area contributed by atoms with E-state index in [4.69, 9.17) is 0 Å². The van der Waals surface area contributed by atoms with Crippen molar-refractivity contribution in [2.45, 2.75) is 25.0 Å². The SMILES string of the molecule is O[C@@H]1C[C@H]2CN(c3ncnc4ccsc34)C[C@H]2C[C@H]1n1cncn1. The summed E-state index contributed by atoms with van der Waals surface area (Å²) in [6.07, 6.45) is 6.28. The molecule has 0 unspecified atom stereocenters. The lowest BCUT2D eigenvalue weighted by Gasteiger charge is -2.34. The standard InChI is InChI=1S/C16H18N6OS/c23-14-4-11-6-21(16-15-12(1-2-24-15)18-8-19-16)5-10(11)3-13(14)22-9-17-7-20-22/h1-2,7-11,13-14,23H,3-6H2/t10-,11+,13-,14-/m1/s1. The average molecular weight is 342 g/mol. The molecule has 0 bridgehead atoms. The second-order valence-corrected chi connectivity index (χ2v) is 7.66. The summed E-state index contributed by atoms with van der Waals surface area (Å²) in [6.45, 7) is 1.93. The van der Waals surface area contributed by atoms with Crippen LogP contribution < -0.4 is 4.90 Å². The molecule has 0 aromatic carbocycles. The van der Waals surface area contributed by atoms with E-state index in [1.54, 1.807) is 24.0 Å². The van der Waals surface area contributed by atoms with Crippen LogP contribution >= 0.6 is 11.3 Å². The molecule has 1 saturated carbocycles. The molecule has 1 aliphatic heterocycles. The molecule has 1 aliphatic carbocycles. The number of nitrogens with zero attached hydrogens (tertiary/aromatic N) is 6. The van der Waals surface area contributed by atoms with E-state index in [1.165, 1.54) is 6.33 Å². The highest BCUT2D eigenvalue weighted by Gasteiger charge is 2.43. The molecule has 2 aliphatic rings. The van der Waals surface area contributed by atoms with Crippen LogP contribution in [0.5, 0.6) is 0 Å². The van der Waals surface area contributed by atoms with E-state index in [1.807, 2.05) is 10.7 Å². The van der Waals surface area contributed by atoms with Crippen LogP contribution in [0.25, 0.3) is 10.2 Å². The lowest BCUT2D eigenvalue weighted by atomic mass is 9.77. The summed E-state index contributed by atoms with van der Waals surface area (Å²) in [6, 6.07) is 2.07. The molecular formula is C16H18N6OS. The van der Waals surface area contributed by atoms with Gasteiger partial charge in [0.25, 0.3) is 0 Å². The molecule has 4 atom stereocenters. The first-order valence-electron chi connectivity index (χ1n) is 8.25. The van der Waals surface area contributed by atoms with E-state index in [0.717, 1.165) is 42.0 Å². The fourth-order valence-electron chi connectivity index (χ4n) is 4.25. The maximum Gasteiger partial charge on any atom is 0.150 e. The summed E-state index contributed by atoms with van der Waals surface area (Å²) in [4.78, 5) is 15.3. The zero-order valence-electron chi connectivity index (χ0n) is 13.1. The zero-order chi connectivity index (χ0) is 16.1. The van der Waals surface area contributed by atoms with Crippen LogP contribution in [-0.4, -0.2) is 49.0 Å². The minimum Gasteiger partial charge on any atom is -0.391 e. The van der Waals surface area contributed by atoms with Crippen molar-refractivity contribution in [1.29, 1.82) is 0 Å². The zero-order valence-corrected chi connectivity index (χ0v) is 13.9. The van der Waals surface area contributed by atoms with E-state index in [-0.39, 0.29) is 12.1 Å². The first-order valence-corrected chi connectivity index (χ1v) is 9.13. The number of rotatable bonds is 2. The van der Waals surface area contributed by atoms with Crippen LogP contribution in [0.15, 0.2) is 30.4 Å². The van der Waals surface area contributed by atoms with Crippen molar-refractivity contribution in [3.63, 3.8) is 0 Å². The Morgan fingerprint density at radius 2 is 2.00 bits per heavy atom. The van der Waals surface area contributed by atoms with Gasteiger partial charge in [0, 0.05) is 13.1 Å². The minimum absolute atomic E-state index is 0.0286. The molecule has 1 saturated heterocycles. The van der Waals surface area contributed by atoms with Crippen molar-refractivity contribution in [2.24, 2.45) is 11.8 Å². The van der Waals surface area contributed by atoms with Gasteiger partial charge in [-0.15, -0.1) is 11.3 Å². The van der Waals surface area contributed by atoms with Crippen molar-refractivity contribution in [2.75, 3.05) is 18.0 Å². The van der Waals surface area contributed by atoms with Crippen molar-refractivity contribution in [3.05, 3.63) is 30.4 Å². The Kier molecular flexibility index (Phi) is 3.27. The molecule has 7 nitrogen and oxygen atoms in total. The Labute approximate surface area is 143 Å². The molecule has 3 aromatic heterocycles. The Morgan fingerprint density at radius 3 is 2.83 bits per heavy atom. The van der Waals surface area contributed by atoms with Gasteiger partial charge in [-0.25, -0.2) is 19.6 Å². The lowest BCUT2D eigenvalue weighted by Crippen LogP contribution is -2.36. The van der Waals surface area contributed by atoms with Gasteiger partial charge >= 0.3 is 0 Å². The van der Waals surface area contributed by atoms with E-state index < -0.39 is 0 Å². The maximum absolute atomic E-state index is 10.6. The summed E-state index contributed by atoms with van der Waals surface area (Å²) in [5.41, 5.74) is 1.01. The van der Waals surface area contributed by atoms with Gasteiger partial charge in [-0.1, -0.05) is 0 Å². The molecule has 4 heterocycles.